The highest BCUT2D eigenvalue weighted by Gasteiger charge is 2.07. The average molecular weight is 305 g/mol. The van der Waals surface area contributed by atoms with Crippen molar-refractivity contribution in [1.29, 1.82) is 0 Å². The molecule has 6 heteroatoms. The van der Waals surface area contributed by atoms with Gasteiger partial charge in [0.15, 0.2) is 5.16 Å². The van der Waals surface area contributed by atoms with E-state index in [1.165, 1.54) is 6.07 Å². The molecule has 0 bridgehead atoms. The fourth-order valence-electron chi connectivity index (χ4n) is 1.63. The highest BCUT2D eigenvalue weighted by molar-refractivity contribution is 7.98. The summed E-state index contributed by atoms with van der Waals surface area (Å²) in [6.07, 6.45) is 0.344. The third kappa shape index (κ3) is 4.06. The normalized spacial score (nSPS) is 10.3. The predicted molar refractivity (Wildman–Crippen MR) is 80.3 cm³/mol. The highest BCUT2D eigenvalue weighted by atomic mass is 32.2. The quantitative estimate of drug-likeness (QED) is 0.695. The van der Waals surface area contributed by atoms with Gasteiger partial charge in [-0.3, -0.25) is 0 Å². The molecule has 0 fully saturated rings. The number of hydrogen-bond acceptors (Lipinski definition) is 4. The molecule has 0 unspecified atom stereocenters. The van der Waals surface area contributed by atoms with Gasteiger partial charge in [-0.2, -0.15) is 0 Å². The summed E-state index contributed by atoms with van der Waals surface area (Å²) in [4.78, 5) is 0. The third-order valence-corrected chi connectivity index (χ3v) is 4.00. The lowest BCUT2D eigenvalue weighted by molar-refractivity contribution is 0.305. The third-order valence-electron chi connectivity index (χ3n) is 2.91. The number of benzene rings is 1. The zero-order chi connectivity index (χ0) is 15.2. The molecule has 4 nitrogen and oxygen atoms in total. The van der Waals surface area contributed by atoms with E-state index in [9.17, 15) is 4.39 Å². The lowest BCUT2D eigenvalue weighted by Gasteiger charge is -2.03. The lowest BCUT2D eigenvalue weighted by atomic mass is 10.1. The number of aryl methyl sites for hydroxylation is 1. The van der Waals surface area contributed by atoms with Crippen LogP contribution in [0.3, 0.4) is 0 Å². The SMILES string of the molecule is Cc1nnc(SCc2ccc(F)c(C#CCCO)c2)n1C. The molecule has 0 aliphatic heterocycles. The molecule has 2 aromatic rings. The van der Waals surface area contributed by atoms with Gasteiger partial charge in [-0.1, -0.05) is 29.7 Å². The molecule has 2 rings (SSSR count). The van der Waals surface area contributed by atoms with Gasteiger partial charge in [0.1, 0.15) is 11.6 Å². The Morgan fingerprint density at radius 1 is 1.38 bits per heavy atom. The van der Waals surface area contributed by atoms with E-state index in [0.717, 1.165) is 16.5 Å². The van der Waals surface area contributed by atoms with Gasteiger partial charge in [0, 0.05) is 19.2 Å². The van der Waals surface area contributed by atoms with Crippen LogP contribution in [-0.2, 0) is 12.8 Å². The molecule has 1 aromatic heterocycles. The van der Waals surface area contributed by atoms with E-state index in [1.54, 1.807) is 23.9 Å². The van der Waals surface area contributed by atoms with Crippen LogP contribution in [0.15, 0.2) is 23.4 Å². The smallest absolute Gasteiger partial charge is 0.191 e. The molecule has 0 aliphatic rings. The minimum absolute atomic E-state index is 0.0182. The summed E-state index contributed by atoms with van der Waals surface area (Å²) in [6, 6.07) is 4.89. The van der Waals surface area contributed by atoms with Crippen molar-refractivity contribution in [2.45, 2.75) is 24.3 Å². The maximum atomic E-state index is 13.6. The molecule has 21 heavy (non-hydrogen) atoms. The van der Waals surface area contributed by atoms with Crippen LogP contribution < -0.4 is 0 Å². The summed E-state index contributed by atoms with van der Waals surface area (Å²) in [5.41, 5.74) is 1.33. The molecule has 1 heterocycles. The number of halogens is 1. The number of nitrogens with zero attached hydrogens (tertiary/aromatic N) is 3. The van der Waals surface area contributed by atoms with Crippen molar-refractivity contribution in [3.63, 3.8) is 0 Å². The first kappa shape index (κ1) is 15.5. The molecule has 0 saturated heterocycles. The second-order valence-electron chi connectivity index (χ2n) is 4.47. The highest BCUT2D eigenvalue weighted by Crippen LogP contribution is 2.22. The first-order valence-corrected chi connectivity index (χ1v) is 7.47. The number of aromatic nitrogens is 3. The summed E-state index contributed by atoms with van der Waals surface area (Å²) in [7, 11) is 1.91. The van der Waals surface area contributed by atoms with Gasteiger partial charge in [0.2, 0.25) is 0 Å². The fourth-order valence-corrected chi connectivity index (χ4v) is 2.53. The van der Waals surface area contributed by atoms with E-state index >= 15 is 0 Å². The maximum Gasteiger partial charge on any atom is 0.191 e. The van der Waals surface area contributed by atoms with Gasteiger partial charge in [-0.05, 0) is 24.6 Å². The standard InChI is InChI=1S/C15H16FN3OS/c1-11-17-18-15(19(11)2)21-10-12-6-7-14(16)13(9-12)5-3-4-8-20/h6-7,9,20H,4,8,10H2,1-2H3. The Morgan fingerprint density at radius 2 is 2.19 bits per heavy atom. The zero-order valence-electron chi connectivity index (χ0n) is 11.9. The Labute approximate surface area is 127 Å². The molecular weight excluding hydrogens is 289 g/mol. The molecule has 0 saturated carbocycles. The summed E-state index contributed by atoms with van der Waals surface area (Å²) in [6.45, 7) is 1.87. The first-order valence-electron chi connectivity index (χ1n) is 6.48. The number of aliphatic hydroxyl groups excluding tert-OH is 1. The molecule has 110 valence electrons. The maximum absolute atomic E-state index is 13.6. The van der Waals surface area contributed by atoms with Crippen LogP contribution in [0, 0.1) is 24.6 Å². The van der Waals surface area contributed by atoms with Crippen LogP contribution in [0.4, 0.5) is 4.39 Å². The summed E-state index contributed by atoms with van der Waals surface area (Å²) < 4.78 is 15.5. The Bertz CT molecular complexity index is 688. The predicted octanol–water partition coefficient (Wildman–Crippen LogP) is 2.29. The topological polar surface area (TPSA) is 50.9 Å². The van der Waals surface area contributed by atoms with E-state index < -0.39 is 0 Å². The summed E-state index contributed by atoms with van der Waals surface area (Å²) >= 11 is 1.54. The van der Waals surface area contributed by atoms with Crippen molar-refractivity contribution in [2.24, 2.45) is 7.05 Å². The van der Waals surface area contributed by atoms with Crippen molar-refractivity contribution in [1.82, 2.24) is 14.8 Å². The molecule has 0 amide bonds. The Hall–Kier alpha value is -1.84. The van der Waals surface area contributed by atoms with Crippen molar-refractivity contribution >= 4 is 11.8 Å². The molecule has 0 spiro atoms. The van der Waals surface area contributed by atoms with Gasteiger partial charge < -0.3 is 9.67 Å². The molecular formula is C15H16FN3OS. The molecule has 1 aromatic carbocycles. The largest absolute Gasteiger partial charge is 0.395 e. The van der Waals surface area contributed by atoms with Crippen LogP contribution in [-0.4, -0.2) is 26.5 Å². The number of rotatable bonds is 4. The van der Waals surface area contributed by atoms with Gasteiger partial charge in [0.25, 0.3) is 0 Å². The van der Waals surface area contributed by atoms with Crippen LogP contribution in [0.25, 0.3) is 0 Å². The Morgan fingerprint density at radius 3 is 2.86 bits per heavy atom. The summed E-state index contributed by atoms with van der Waals surface area (Å²) in [5.74, 6) is 6.65. The van der Waals surface area contributed by atoms with E-state index in [-0.39, 0.29) is 12.4 Å². The lowest BCUT2D eigenvalue weighted by Crippen LogP contribution is -1.94. The van der Waals surface area contributed by atoms with Gasteiger partial charge in [-0.15, -0.1) is 10.2 Å². The van der Waals surface area contributed by atoms with Gasteiger partial charge in [-0.25, -0.2) is 4.39 Å². The fraction of sp³-hybridized carbons (Fsp3) is 0.333. The van der Waals surface area contributed by atoms with Gasteiger partial charge in [0.05, 0.1) is 12.2 Å². The first-order chi connectivity index (χ1) is 10.1. The van der Waals surface area contributed by atoms with E-state index in [2.05, 4.69) is 22.0 Å². The van der Waals surface area contributed by atoms with Gasteiger partial charge >= 0.3 is 0 Å². The van der Waals surface area contributed by atoms with Crippen molar-refractivity contribution in [3.05, 3.63) is 41.0 Å². The van der Waals surface area contributed by atoms with Crippen LogP contribution >= 0.6 is 11.8 Å². The zero-order valence-corrected chi connectivity index (χ0v) is 12.7. The number of thioether (sulfide) groups is 1. The molecule has 1 N–H and O–H groups in total. The minimum atomic E-state index is -0.344. The van der Waals surface area contributed by atoms with Crippen molar-refractivity contribution in [2.75, 3.05) is 6.61 Å². The molecule has 0 radical (unpaired) electrons. The van der Waals surface area contributed by atoms with E-state index in [4.69, 9.17) is 5.11 Å². The van der Waals surface area contributed by atoms with Crippen molar-refractivity contribution < 1.29 is 9.50 Å². The summed E-state index contributed by atoms with van der Waals surface area (Å²) in [5, 5.41) is 17.6. The van der Waals surface area contributed by atoms with E-state index in [1.807, 2.05) is 18.5 Å². The average Bonchev–Trinajstić information content (AvgIpc) is 2.79. The van der Waals surface area contributed by atoms with Crippen molar-refractivity contribution in [3.8, 4) is 11.8 Å². The second kappa shape index (κ2) is 7.25. The van der Waals surface area contributed by atoms with Crippen LogP contribution in [0.2, 0.25) is 0 Å². The van der Waals surface area contributed by atoms with E-state index in [0.29, 0.717) is 17.7 Å². The molecule has 0 aliphatic carbocycles. The Kier molecular flexibility index (Phi) is 5.37. The molecule has 0 atom stereocenters. The Balaban J connectivity index is 2.09. The van der Waals surface area contributed by atoms with Crippen LogP contribution in [0.1, 0.15) is 23.4 Å². The second-order valence-corrected chi connectivity index (χ2v) is 5.41. The minimum Gasteiger partial charge on any atom is -0.395 e. The number of hydrogen-bond donors (Lipinski definition) is 1. The monoisotopic (exact) mass is 305 g/mol. The van der Waals surface area contributed by atoms with Crippen LogP contribution in [0.5, 0.6) is 0 Å². The number of aliphatic hydroxyl groups is 1.